The van der Waals surface area contributed by atoms with Crippen molar-refractivity contribution in [3.8, 4) is 5.75 Å². The quantitative estimate of drug-likeness (QED) is 0.789. The number of carbonyl (C=O) groups excluding carboxylic acids is 1. The number of ether oxygens (including phenoxy) is 1. The van der Waals surface area contributed by atoms with Gasteiger partial charge >= 0.3 is 0 Å². The second kappa shape index (κ2) is 7.29. The SMILES string of the molecule is CCCCN(C)S(=O)(=O)NC(C)c1ccc2c(c1)NC(=O)CO2. The van der Waals surface area contributed by atoms with Crippen molar-refractivity contribution in [1.82, 2.24) is 9.03 Å². The first-order chi connectivity index (χ1) is 10.8. The number of rotatable bonds is 7. The molecule has 7 nitrogen and oxygen atoms in total. The first-order valence-corrected chi connectivity index (χ1v) is 9.07. The third kappa shape index (κ3) is 4.43. The molecular formula is C15H23N3O4S. The lowest BCUT2D eigenvalue weighted by Crippen LogP contribution is -2.39. The predicted octanol–water partition coefficient (Wildman–Crippen LogP) is 1.64. The molecule has 0 aliphatic carbocycles. The third-order valence-electron chi connectivity index (χ3n) is 3.70. The number of unbranched alkanes of at least 4 members (excludes halogenated alkanes) is 1. The summed E-state index contributed by atoms with van der Waals surface area (Å²) in [5.74, 6) is 0.366. The van der Waals surface area contributed by atoms with Crippen molar-refractivity contribution in [2.45, 2.75) is 32.7 Å². The van der Waals surface area contributed by atoms with Crippen molar-refractivity contribution >= 4 is 21.8 Å². The maximum Gasteiger partial charge on any atom is 0.279 e. The molecule has 0 aromatic heterocycles. The van der Waals surface area contributed by atoms with Gasteiger partial charge in [-0.15, -0.1) is 0 Å². The molecule has 2 rings (SSSR count). The second-order valence-corrected chi connectivity index (χ2v) is 7.42. The lowest BCUT2D eigenvalue weighted by atomic mass is 10.1. The molecule has 0 fully saturated rings. The highest BCUT2D eigenvalue weighted by molar-refractivity contribution is 7.87. The lowest BCUT2D eigenvalue weighted by molar-refractivity contribution is -0.118. The molecule has 1 aromatic carbocycles. The molecule has 1 aliphatic heterocycles. The van der Waals surface area contributed by atoms with Crippen LogP contribution in [-0.4, -0.2) is 38.8 Å². The summed E-state index contributed by atoms with van der Waals surface area (Å²) >= 11 is 0. The van der Waals surface area contributed by atoms with E-state index in [0.29, 0.717) is 18.0 Å². The van der Waals surface area contributed by atoms with E-state index in [1.807, 2.05) is 6.92 Å². The van der Waals surface area contributed by atoms with E-state index >= 15 is 0 Å². The maximum absolute atomic E-state index is 12.3. The van der Waals surface area contributed by atoms with Crippen molar-refractivity contribution in [2.75, 3.05) is 25.5 Å². The largest absolute Gasteiger partial charge is 0.482 e. The van der Waals surface area contributed by atoms with Crippen molar-refractivity contribution in [2.24, 2.45) is 0 Å². The minimum Gasteiger partial charge on any atom is -0.482 e. The van der Waals surface area contributed by atoms with Gasteiger partial charge in [0.15, 0.2) is 6.61 Å². The molecule has 2 N–H and O–H groups in total. The predicted molar refractivity (Wildman–Crippen MR) is 88.6 cm³/mol. The highest BCUT2D eigenvalue weighted by Gasteiger charge is 2.22. The van der Waals surface area contributed by atoms with Crippen molar-refractivity contribution in [3.63, 3.8) is 0 Å². The molecule has 1 heterocycles. The minimum absolute atomic E-state index is 0.00322. The summed E-state index contributed by atoms with van der Waals surface area (Å²) in [4.78, 5) is 11.4. The molecule has 128 valence electrons. The van der Waals surface area contributed by atoms with Crippen LogP contribution in [0.4, 0.5) is 5.69 Å². The van der Waals surface area contributed by atoms with E-state index in [1.54, 1.807) is 32.2 Å². The number of carbonyl (C=O) groups is 1. The normalized spacial score (nSPS) is 15.7. The van der Waals surface area contributed by atoms with Gasteiger partial charge in [0.05, 0.1) is 5.69 Å². The average molecular weight is 341 g/mol. The molecular weight excluding hydrogens is 318 g/mol. The van der Waals surface area contributed by atoms with Crippen LogP contribution in [0.5, 0.6) is 5.75 Å². The van der Waals surface area contributed by atoms with Crippen LogP contribution in [0.2, 0.25) is 0 Å². The highest BCUT2D eigenvalue weighted by Crippen LogP contribution is 2.30. The van der Waals surface area contributed by atoms with Crippen LogP contribution in [0.25, 0.3) is 0 Å². The first-order valence-electron chi connectivity index (χ1n) is 7.63. The van der Waals surface area contributed by atoms with Gasteiger partial charge < -0.3 is 10.1 Å². The van der Waals surface area contributed by atoms with E-state index in [2.05, 4.69) is 10.0 Å². The summed E-state index contributed by atoms with van der Waals surface area (Å²) in [6, 6.07) is 4.82. The van der Waals surface area contributed by atoms with Gasteiger partial charge in [0, 0.05) is 19.6 Å². The Kier molecular flexibility index (Phi) is 5.61. The van der Waals surface area contributed by atoms with Crippen LogP contribution >= 0.6 is 0 Å². The number of hydrogen-bond acceptors (Lipinski definition) is 4. The monoisotopic (exact) mass is 341 g/mol. The van der Waals surface area contributed by atoms with Crippen molar-refractivity contribution < 1.29 is 17.9 Å². The Hall–Kier alpha value is -1.64. The summed E-state index contributed by atoms with van der Waals surface area (Å²) in [5, 5.41) is 2.72. The van der Waals surface area contributed by atoms with Gasteiger partial charge in [0.25, 0.3) is 16.1 Å². The molecule has 1 aliphatic rings. The first kappa shape index (κ1) is 17.7. The van der Waals surface area contributed by atoms with Crippen LogP contribution in [0.1, 0.15) is 38.3 Å². The van der Waals surface area contributed by atoms with Crippen LogP contribution in [0, 0.1) is 0 Å². The number of fused-ring (bicyclic) bond motifs is 1. The molecule has 23 heavy (non-hydrogen) atoms. The van der Waals surface area contributed by atoms with Gasteiger partial charge in [-0.05, 0) is 31.0 Å². The molecule has 1 amide bonds. The van der Waals surface area contributed by atoms with E-state index in [9.17, 15) is 13.2 Å². The number of amides is 1. The van der Waals surface area contributed by atoms with E-state index in [4.69, 9.17) is 4.74 Å². The molecule has 1 aromatic rings. The van der Waals surface area contributed by atoms with Crippen molar-refractivity contribution in [1.29, 1.82) is 0 Å². The van der Waals surface area contributed by atoms with Crippen LogP contribution < -0.4 is 14.8 Å². The molecule has 0 saturated carbocycles. The van der Waals surface area contributed by atoms with E-state index in [-0.39, 0.29) is 12.5 Å². The summed E-state index contributed by atoms with van der Waals surface area (Å²) in [6.07, 6.45) is 1.74. The van der Waals surface area contributed by atoms with Gasteiger partial charge in [-0.3, -0.25) is 4.79 Å². The van der Waals surface area contributed by atoms with Gasteiger partial charge in [0.1, 0.15) is 5.75 Å². The van der Waals surface area contributed by atoms with E-state index < -0.39 is 16.3 Å². The second-order valence-electron chi connectivity index (χ2n) is 5.61. The Morgan fingerprint density at radius 3 is 2.87 bits per heavy atom. The molecule has 1 unspecified atom stereocenters. The summed E-state index contributed by atoms with van der Waals surface area (Å²) in [6.45, 7) is 4.25. The Morgan fingerprint density at radius 1 is 1.43 bits per heavy atom. The zero-order valence-corrected chi connectivity index (χ0v) is 14.4. The van der Waals surface area contributed by atoms with E-state index in [0.717, 1.165) is 18.4 Å². The summed E-state index contributed by atoms with van der Waals surface area (Å²) < 4.78 is 33.8. The third-order valence-corrected chi connectivity index (χ3v) is 5.35. The number of nitrogens with zero attached hydrogens (tertiary/aromatic N) is 1. The molecule has 1 atom stereocenters. The fourth-order valence-corrected chi connectivity index (χ4v) is 3.38. The standard InChI is InChI=1S/C15H23N3O4S/c1-4-5-8-18(3)23(20,21)17-11(2)12-6-7-14-13(9-12)16-15(19)10-22-14/h6-7,9,11,17H,4-5,8,10H2,1-3H3,(H,16,19). The van der Waals surface area contributed by atoms with Gasteiger partial charge in [-0.25, -0.2) is 0 Å². The van der Waals surface area contributed by atoms with E-state index in [1.165, 1.54) is 4.31 Å². The molecule has 8 heteroatoms. The van der Waals surface area contributed by atoms with Gasteiger partial charge in [-0.1, -0.05) is 19.4 Å². The number of nitrogens with one attached hydrogen (secondary N) is 2. The van der Waals surface area contributed by atoms with Crippen LogP contribution in [0.3, 0.4) is 0 Å². The Bertz CT molecular complexity index is 675. The smallest absolute Gasteiger partial charge is 0.279 e. The Labute approximate surface area is 137 Å². The summed E-state index contributed by atoms with van der Waals surface area (Å²) in [5.41, 5.74) is 1.31. The van der Waals surface area contributed by atoms with Gasteiger partial charge in [-0.2, -0.15) is 17.4 Å². The minimum atomic E-state index is -3.55. The molecule has 0 bridgehead atoms. The fraction of sp³-hybridized carbons (Fsp3) is 0.533. The van der Waals surface area contributed by atoms with Crippen LogP contribution in [0.15, 0.2) is 18.2 Å². The fourth-order valence-electron chi connectivity index (χ4n) is 2.25. The maximum atomic E-state index is 12.3. The molecule has 0 saturated heterocycles. The number of hydrogen-bond donors (Lipinski definition) is 2. The lowest BCUT2D eigenvalue weighted by Gasteiger charge is -2.23. The molecule has 0 spiro atoms. The number of anilines is 1. The highest BCUT2D eigenvalue weighted by atomic mass is 32.2. The van der Waals surface area contributed by atoms with Crippen LogP contribution in [-0.2, 0) is 15.0 Å². The van der Waals surface area contributed by atoms with Crippen molar-refractivity contribution in [3.05, 3.63) is 23.8 Å². The molecule has 0 radical (unpaired) electrons. The Morgan fingerprint density at radius 2 is 2.17 bits per heavy atom. The number of benzene rings is 1. The summed E-state index contributed by atoms with van der Waals surface area (Å²) in [7, 11) is -1.99. The zero-order chi connectivity index (χ0) is 17.0. The van der Waals surface area contributed by atoms with Gasteiger partial charge in [0.2, 0.25) is 0 Å². The average Bonchev–Trinajstić information content (AvgIpc) is 2.51. The topological polar surface area (TPSA) is 87.7 Å². The Balaban J connectivity index is 2.10. The zero-order valence-electron chi connectivity index (χ0n) is 13.6.